The molecule has 1 amide bonds. The van der Waals surface area contributed by atoms with E-state index in [0.717, 1.165) is 47.6 Å². The Morgan fingerprint density at radius 2 is 1.93 bits per heavy atom. The van der Waals surface area contributed by atoms with Gasteiger partial charge in [-0.05, 0) is 67.5 Å². The number of carbonyl (C=O) groups is 1. The van der Waals surface area contributed by atoms with E-state index < -0.39 is 5.91 Å². The Labute approximate surface area is 267 Å². The number of alkyl halides is 1. The molecule has 0 aliphatic carbocycles. The lowest BCUT2D eigenvalue weighted by Gasteiger charge is -2.36. The molecule has 13 heteroatoms. The molecular formula is C28H35I2N9O2. The van der Waals surface area contributed by atoms with Crippen molar-refractivity contribution >= 4 is 62.6 Å². The van der Waals surface area contributed by atoms with Crippen LogP contribution < -0.4 is 10.2 Å². The standard InChI is InChI=1S/C28H35I2N9O2/c1-18(2)16-37-6-8-38(9-7-37)22-10-20(13-31-15-22)23-17-39(36-34-23)24-11-21(14-32-19(24)3)27(40)33-26(35-41)12-25(29)28(4,5)30/h10-15,17-18,41H,6-9,16H2,1-5H3,(H,33,35,40)/b25-12-. The number of hydrogen-bond acceptors (Lipinski definition) is 9. The second-order valence-corrected chi connectivity index (χ2v) is 14.8. The van der Waals surface area contributed by atoms with Gasteiger partial charge in [-0.25, -0.2) is 4.68 Å². The lowest BCUT2D eigenvalue weighted by Crippen LogP contribution is -2.47. The number of aromatic nitrogens is 5. The molecule has 1 fully saturated rings. The van der Waals surface area contributed by atoms with Crippen LogP contribution in [0.5, 0.6) is 0 Å². The summed E-state index contributed by atoms with van der Waals surface area (Å²) in [6.45, 7) is 15.5. The molecule has 0 radical (unpaired) electrons. The molecule has 0 unspecified atom stereocenters. The number of pyridine rings is 2. The van der Waals surface area contributed by atoms with Crippen LogP contribution in [0.1, 0.15) is 43.7 Å². The average Bonchev–Trinajstić information content (AvgIpc) is 3.42. The van der Waals surface area contributed by atoms with Crippen molar-refractivity contribution in [2.24, 2.45) is 11.1 Å². The topological polar surface area (TPSA) is 125 Å². The predicted octanol–water partition coefficient (Wildman–Crippen LogP) is 4.86. The number of piperazine rings is 1. The molecule has 0 atom stereocenters. The highest BCUT2D eigenvalue weighted by Crippen LogP contribution is 2.31. The number of nitrogens with one attached hydrogen (secondary N) is 1. The molecule has 3 aromatic heterocycles. The van der Waals surface area contributed by atoms with Gasteiger partial charge in [-0.3, -0.25) is 19.7 Å². The molecule has 1 aliphatic rings. The van der Waals surface area contributed by atoms with Crippen molar-refractivity contribution < 1.29 is 10.0 Å². The highest BCUT2D eigenvalue weighted by atomic mass is 127. The zero-order chi connectivity index (χ0) is 29.7. The predicted molar refractivity (Wildman–Crippen MR) is 178 cm³/mol. The Morgan fingerprint density at radius 1 is 1.20 bits per heavy atom. The molecule has 0 spiro atoms. The number of carbonyl (C=O) groups excluding carboxylic acids is 1. The molecule has 11 nitrogen and oxygen atoms in total. The van der Waals surface area contributed by atoms with E-state index in [-0.39, 0.29) is 9.26 Å². The number of oxime groups is 1. The molecule has 4 rings (SSSR count). The van der Waals surface area contributed by atoms with E-state index in [0.29, 0.717) is 28.6 Å². The molecule has 0 aromatic carbocycles. The number of halogens is 2. The molecule has 1 saturated heterocycles. The summed E-state index contributed by atoms with van der Waals surface area (Å²) in [7, 11) is 0. The Kier molecular flexibility index (Phi) is 10.3. The van der Waals surface area contributed by atoms with Crippen molar-refractivity contribution in [2.45, 2.75) is 38.0 Å². The van der Waals surface area contributed by atoms with Crippen LogP contribution >= 0.6 is 45.2 Å². The second-order valence-electron chi connectivity index (χ2n) is 10.9. The van der Waals surface area contributed by atoms with Gasteiger partial charge in [-0.2, -0.15) is 0 Å². The number of hydrogen-bond donors (Lipinski definition) is 2. The number of amidine groups is 1. The maximum atomic E-state index is 13.0. The SMILES string of the molecule is Cc1ncc(C(=O)NC(/C=C(\I)C(C)(C)I)=N/O)cc1-n1cc(-c2cncc(N3CCN(CC(C)C)CC3)c2)nn1. The van der Waals surface area contributed by atoms with Crippen LogP contribution in [0, 0.1) is 12.8 Å². The van der Waals surface area contributed by atoms with Gasteiger partial charge in [-0.1, -0.05) is 46.8 Å². The first-order chi connectivity index (χ1) is 19.4. The van der Waals surface area contributed by atoms with E-state index in [1.165, 1.54) is 6.20 Å². The molecule has 0 bridgehead atoms. The van der Waals surface area contributed by atoms with Gasteiger partial charge in [0.25, 0.3) is 5.91 Å². The largest absolute Gasteiger partial charge is 0.409 e. The highest BCUT2D eigenvalue weighted by Gasteiger charge is 2.21. The van der Waals surface area contributed by atoms with Gasteiger partial charge in [0, 0.05) is 57.7 Å². The van der Waals surface area contributed by atoms with E-state index in [1.54, 1.807) is 29.2 Å². The van der Waals surface area contributed by atoms with Crippen LogP contribution in [0.25, 0.3) is 16.9 Å². The molecular weight excluding hydrogens is 748 g/mol. The fourth-order valence-electron chi connectivity index (χ4n) is 4.41. The molecule has 3 aromatic rings. The van der Waals surface area contributed by atoms with Crippen molar-refractivity contribution in [3.05, 3.63) is 57.8 Å². The van der Waals surface area contributed by atoms with E-state index >= 15 is 0 Å². The Morgan fingerprint density at radius 3 is 2.59 bits per heavy atom. The molecule has 41 heavy (non-hydrogen) atoms. The average molecular weight is 783 g/mol. The normalized spacial score (nSPS) is 15.5. The lowest BCUT2D eigenvalue weighted by atomic mass is 10.1. The highest BCUT2D eigenvalue weighted by molar-refractivity contribution is 14.1. The maximum absolute atomic E-state index is 13.0. The van der Waals surface area contributed by atoms with Crippen LogP contribution in [0.3, 0.4) is 0 Å². The van der Waals surface area contributed by atoms with Gasteiger partial charge in [0.2, 0.25) is 0 Å². The monoisotopic (exact) mass is 783 g/mol. The summed E-state index contributed by atoms with van der Waals surface area (Å²) in [5.41, 5.74) is 4.18. The van der Waals surface area contributed by atoms with Crippen LogP contribution in [-0.2, 0) is 0 Å². The first kappa shape index (κ1) is 31.3. The van der Waals surface area contributed by atoms with Crippen molar-refractivity contribution in [1.29, 1.82) is 0 Å². The summed E-state index contributed by atoms with van der Waals surface area (Å²) in [4.78, 5) is 26.7. The number of rotatable bonds is 8. The van der Waals surface area contributed by atoms with Crippen LogP contribution in [0.4, 0.5) is 5.69 Å². The summed E-state index contributed by atoms with van der Waals surface area (Å²) >= 11 is 4.44. The van der Waals surface area contributed by atoms with E-state index in [1.807, 2.05) is 27.0 Å². The number of amides is 1. The molecule has 2 N–H and O–H groups in total. The van der Waals surface area contributed by atoms with Crippen molar-refractivity contribution in [3.8, 4) is 16.9 Å². The quantitative estimate of drug-likeness (QED) is 0.0830. The van der Waals surface area contributed by atoms with E-state index in [9.17, 15) is 10.0 Å². The first-order valence-corrected chi connectivity index (χ1v) is 15.5. The summed E-state index contributed by atoms with van der Waals surface area (Å²) in [6, 6.07) is 3.78. The smallest absolute Gasteiger partial charge is 0.258 e. The van der Waals surface area contributed by atoms with Crippen molar-refractivity contribution in [1.82, 2.24) is 35.2 Å². The molecule has 0 saturated carbocycles. The van der Waals surface area contributed by atoms with Crippen LogP contribution in [0.15, 0.2) is 51.7 Å². The first-order valence-electron chi connectivity index (χ1n) is 13.4. The lowest BCUT2D eigenvalue weighted by molar-refractivity contribution is 0.0975. The van der Waals surface area contributed by atoms with Crippen molar-refractivity contribution in [2.75, 3.05) is 37.6 Å². The zero-order valence-corrected chi connectivity index (χ0v) is 28.2. The minimum absolute atomic E-state index is 0.0445. The van der Waals surface area contributed by atoms with Crippen LogP contribution in [0.2, 0.25) is 0 Å². The van der Waals surface area contributed by atoms with Gasteiger partial charge in [-0.15, -0.1) is 5.10 Å². The summed E-state index contributed by atoms with van der Waals surface area (Å²) in [5, 5.41) is 24.0. The molecule has 1 aliphatic heterocycles. The zero-order valence-electron chi connectivity index (χ0n) is 23.8. The fourth-order valence-corrected chi connectivity index (χ4v) is 4.86. The van der Waals surface area contributed by atoms with E-state index in [2.05, 4.69) is 106 Å². The van der Waals surface area contributed by atoms with Gasteiger partial charge < -0.3 is 15.4 Å². The third-order valence-electron chi connectivity index (χ3n) is 6.62. The number of aryl methyl sites for hydroxylation is 1. The Hall–Kier alpha value is -2.66. The minimum atomic E-state index is -0.455. The van der Waals surface area contributed by atoms with E-state index in [4.69, 9.17) is 0 Å². The summed E-state index contributed by atoms with van der Waals surface area (Å²) < 4.78 is 2.34. The number of nitrogens with zero attached hydrogens (tertiary/aromatic N) is 8. The summed E-state index contributed by atoms with van der Waals surface area (Å²) in [5.74, 6) is 0.251. The third-order valence-corrected chi connectivity index (χ3v) is 9.90. The second kappa shape index (κ2) is 13.5. The maximum Gasteiger partial charge on any atom is 0.258 e. The third kappa shape index (κ3) is 8.22. The number of allylic oxidation sites excluding steroid dienone is 1. The van der Waals surface area contributed by atoms with Gasteiger partial charge >= 0.3 is 0 Å². The summed E-state index contributed by atoms with van der Waals surface area (Å²) in [6.07, 6.45) is 8.59. The molecule has 4 heterocycles. The van der Waals surface area contributed by atoms with Gasteiger partial charge in [0.1, 0.15) is 5.69 Å². The molecule has 218 valence electrons. The van der Waals surface area contributed by atoms with Gasteiger partial charge in [0.05, 0.1) is 35.0 Å². The Bertz CT molecular complexity index is 1440. The van der Waals surface area contributed by atoms with Crippen LogP contribution in [-0.4, -0.2) is 83.0 Å². The van der Waals surface area contributed by atoms with Gasteiger partial charge in [0.15, 0.2) is 5.84 Å². The number of anilines is 1. The Balaban J connectivity index is 1.50. The van der Waals surface area contributed by atoms with Crippen molar-refractivity contribution in [3.63, 3.8) is 0 Å². The fraction of sp³-hybridized carbons (Fsp3) is 0.429. The minimum Gasteiger partial charge on any atom is -0.409 e.